The number of nitrogens with zero attached hydrogens (tertiary/aromatic N) is 2. The zero-order chi connectivity index (χ0) is 27.0. The molecule has 1 aromatic heterocycles. The van der Waals surface area contributed by atoms with Crippen LogP contribution in [0.3, 0.4) is 0 Å². The highest BCUT2D eigenvalue weighted by atomic mass is 16.5. The van der Waals surface area contributed by atoms with Crippen LogP contribution in [-0.2, 0) is 21.6 Å². The van der Waals surface area contributed by atoms with Crippen molar-refractivity contribution in [2.75, 3.05) is 53.3 Å². The second kappa shape index (κ2) is 10.3. The molecular formula is C28H32N6O5. The number of carbonyl (C=O) groups excluding carboxylic acids is 2. The number of benzene rings is 2. The van der Waals surface area contributed by atoms with Crippen LogP contribution in [0.15, 0.2) is 46.9 Å². The number of fused-ring (bicyclic) bond motifs is 2. The van der Waals surface area contributed by atoms with Crippen LogP contribution in [0.5, 0.6) is 5.75 Å². The van der Waals surface area contributed by atoms with E-state index in [1.807, 2.05) is 36.4 Å². The van der Waals surface area contributed by atoms with Crippen molar-refractivity contribution >= 4 is 28.6 Å². The largest absolute Gasteiger partial charge is 0.497 e. The molecule has 0 radical (unpaired) electrons. The average molecular weight is 533 g/mol. The van der Waals surface area contributed by atoms with Gasteiger partial charge in [0.25, 0.3) is 11.8 Å². The van der Waals surface area contributed by atoms with Crippen LogP contribution >= 0.6 is 0 Å². The molecule has 39 heavy (non-hydrogen) atoms. The topological polar surface area (TPSA) is 132 Å². The van der Waals surface area contributed by atoms with Crippen molar-refractivity contribution in [2.45, 2.75) is 18.5 Å². The minimum atomic E-state index is -1.37. The summed E-state index contributed by atoms with van der Waals surface area (Å²) in [7, 11) is 1.56. The van der Waals surface area contributed by atoms with Crippen molar-refractivity contribution in [3.05, 3.63) is 64.9 Å². The van der Waals surface area contributed by atoms with Gasteiger partial charge in [-0.1, -0.05) is 6.07 Å². The van der Waals surface area contributed by atoms with Gasteiger partial charge in [0.15, 0.2) is 5.54 Å². The zero-order valence-electron chi connectivity index (χ0n) is 21.8. The lowest BCUT2D eigenvalue weighted by Crippen LogP contribution is -2.58. The van der Waals surface area contributed by atoms with Gasteiger partial charge in [0.05, 0.1) is 13.7 Å². The van der Waals surface area contributed by atoms with E-state index in [-0.39, 0.29) is 31.8 Å². The second-order valence-corrected chi connectivity index (χ2v) is 10.1. The quantitative estimate of drug-likeness (QED) is 0.288. The summed E-state index contributed by atoms with van der Waals surface area (Å²) < 4.78 is 17.0. The second-order valence-electron chi connectivity index (χ2n) is 10.1. The highest BCUT2D eigenvalue weighted by Gasteiger charge is 2.48. The number of hydrogen-bond acceptors (Lipinski definition) is 8. The minimum Gasteiger partial charge on any atom is -0.497 e. The van der Waals surface area contributed by atoms with Crippen molar-refractivity contribution in [3.8, 4) is 5.75 Å². The molecule has 6 rings (SSSR count). The number of amidine groups is 1. The first kappa shape index (κ1) is 25.4. The third-order valence-electron chi connectivity index (χ3n) is 7.69. The van der Waals surface area contributed by atoms with E-state index in [1.165, 1.54) is 0 Å². The Hall–Kier alpha value is -3.93. The molecule has 0 spiro atoms. The fourth-order valence-electron chi connectivity index (χ4n) is 5.51. The van der Waals surface area contributed by atoms with Gasteiger partial charge in [-0.3, -0.25) is 20.3 Å². The third-order valence-corrected chi connectivity index (χ3v) is 7.69. The molecule has 1 unspecified atom stereocenters. The number of hydrogen-bond donors (Lipinski definition) is 4. The number of rotatable bonds is 5. The Morgan fingerprint density at radius 1 is 1.10 bits per heavy atom. The molecule has 0 aliphatic carbocycles. The Bertz CT molecular complexity index is 1430. The summed E-state index contributed by atoms with van der Waals surface area (Å²) in [4.78, 5) is 30.7. The Labute approximate surface area is 225 Å². The molecule has 3 aromatic rings. The summed E-state index contributed by atoms with van der Waals surface area (Å²) in [5.41, 5.74) is 1.44. The van der Waals surface area contributed by atoms with Crippen molar-refractivity contribution in [2.24, 2.45) is 0 Å². The monoisotopic (exact) mass is 532 g/mol. The summed E-state index contributed by atoms with van der Waals surface area (Å²) in [5.74, 6) is 0.928. The van der Waals surface area contributed by atoms with Crippen LogP contribution in [0.1, 0.15) is 33.7 Å². The molecule has 3 aliphatic rings. The number of furan rings is 1. The predicted octanol–water partition coefficient (Wildman–Crippen LogP) is 1.56. The average Bonchev–Trinajstić information content (AvgIpc) is 3.29. The highest BCUT2D eigenvalue weighted by Crippen LogP contribution is 2.34. The number of ether oxygens (including phenoxy) is 2. The van der Waals surface area contributed by atoms with Gasteiger partial charge in [0.2, 0.25) is 0 Å². The molecule has 2 aromatic carbocycles. The molecular weight excluding hydrogens is 500 g/mol. The van der Waals surface area contributed by atoms with Crippen LogP contribution < -0.4 is 20.7 Å². The summed E-state index contributed by atoms with van der Waals surface area (Å²) in [6.07, 6.45) is 0.984. The molecule has 4 N–H and O–H groups in total. The summed E-state index contributed by atoms with van der Waals surface area (Å²) >= 11 is 0. The Balaban J connectivity index is 1.33. The van der Waals surface area contributed by atoms with Gasteiger partial charge >= 0.3 is 0 Å². The van der Waals surface area contributed by atoms with Crippen LogP contribution in [-0.4, -0.2) is 80.7 Å². The summed E-state index contributed by atoms with van der Waals surface area (Å²) in [6, 6.07) is 12.9. The first-order valence-electron chi connectivity index (χ1n) is 13.1. The Morgan fingerprint density at radius 3 is 2.87 bits per heavy atom. The van der Waals surface area contributed by atoms with Gasteiger partial charge < -0.3 is 34.3 Å². The first-order chi connectivity index (χ1) is 19.0. The summed E-state index contributed by atoms with van der Waals surface area (Å²) in [5, 5.41) is 18.9. The zero-order valence-corrected chi connectivity index (χ0v) is 21.8. The van der Waals surface area contributed by atoms with Crippen LogP contribution in [0, 0.1) is 5.41 Å². The van der Waals surface area contributed by atoms with E-state index in [0.717, 1.165) is 49.1 Å². The molecule has 2 saturated heterocycles. The van der Waals surface area contributed by atoms with Crippen molar-refractivity contribution in [1.82, 2.24) is 25.8 Å². The lowest BCUT2D eigenvalue weighted by molar-refractivity contribution is -0.128. The molecule has 1 atom stereocenters. The number of methoxy groups -OCH3 is 1. The maximum Gasteiger partial charge on any atom is 0.254 e. The normalized spacial score (nSPS) is 21.9. The Morgan fingerprint density at radius 2 is 2.00 bits per heavy atom. The third kappa shape index (κ3) is 4.62. The van der Waals surface area contributed by atoms with Gasteiger partial charge in [-0.2, -0.15) is 0 Å². The highest BCUT2D eigenvalue weighted by molar-refractivity contribution is 6.01. The molecule has 2 amide bonds. The molecule has 0 saturated carbocycles. The molecule has 3 aliphatic heterocycles. The first-order valence-corrected chi connectivity index (χ1v) is 13.1. The lowest BCUT2D eigenvalue weighted by Gasteiger charge is -2.33. The molecule has 4 heterocycles. The van der Waals surface area contributed by atoms with E-state index < -0.39 is 5.54 Å². The SMILES string of the molecule is COc1ccc2c(c1)C(=O)N(CC1(c3cc4cc(C(=N)N5CCCNCC5)ccc4o3)NCOCNC1=O)C2. The van der Waals surface area contributed by atoms with Crippen LogP contribution in [0.4, 0.5) is 0 Å². The van der Waals surface area contributed by atoms with Crippen molar-refractivity contribution in [1.29, 1.82) is 5.41 Å². The maximum absolute atomic E-state index is 13.6. The minimum absolute atomic E-state index is 0.0430. The van der Waals surface area contributed by atoms with Gasteiger partial charge in [0.1, 0.15) is 36.4 Å². The lowest BCUT2D eigenvalue weighted by atomic mass is 9.93. The Kier molecular flexibility index (Phi) is 6.71. The molecule has 11 nitrogen and oxygen atoms in total. The fourth-order valence-corrected chi connectivity index (χ4v) is 5.51. The molecule has 2 fully saturated rings. The fraction of sp³-hybridized carbons (Fsp3) is 0.393. The molecule has 204 valence electrons. The standard InChI is InChI=1S/C28H32N6O5/c1-37-21-5-3-19-14-34(26(35)22(19)13-21)15-28(27(36)31-16-38-17-32-28)24-12-20-11-18(4-6-23(20)39-24)25(29)33-9-2-7-30-8-10-33/h3-6,11-13,29-30,32H,2,7-10,14-17H2,1H3,(H,31,36). The van der Waals surface area contributed by atoms with Gasteiger partial charge in [-0.25, -0.2) is 0 Å². The molecule has 11 heteroatoms. The number of carbonyl (C=O) groups is 2. The van der Waals surface area contributed by atoms with Gasteiger partial charge in [-0.05, 0) is 54.9 Å². The van der Waals surface area contributed by atoms with E-state index in [1.54, 1.807) is 18.1 Å². The van der Waals surface area contributed by atoms with Crippen molar-refractivity contribution < 1.29 is 23.5 Å². The van der Waals surface area contributed by atoms with E-state index in [2.05, 4.69) is 20.9 Å². The van der Waals surface area contributed by atoms with E-state index in [4.69, 9.17) is 19.3 Å². The van der Waals surface area contributed by atoms with Crippen LogP contribution in [0.25, 0.3) is 11.0 Å². The smallest absolute Gasteiger partial charge is 0.254 e. The predicted molar refractivity (Wildman–Crippen MR) is 144 cm³/mol. The van der Waals surface area contributed by atoms with E-state index in [0.29, 0.717) is 35.0 Å². The number of amides is 2. The summed E-state index contributed by atoms with van der Waals surface area (Å²) in [6.45, 7) is 3.95. The number of nitrogens with one attached hydrogen (secondary N) is 4. The van der Waals surface area contributed by atoms with E-state index in [9.17, 15) is 9.59 Å². The van der Waals surface area contributed by atoms with Crippen molar-refractivity contribution in [3.63, 3.8) is 0 Å². The van der Waals surface area contributed by atoms with Crippen LogP contribution in [0.2, 0.25) is 0 Å². The van der Waals surface area contributed by atoms with Gasteiger partial charge in [-0.15, -0.1) is 0 Å². The maximum atomic E-state index is 13.6. The molecule has 0 bridgehead atoms. The van der Waals surface area contributed by atoms with E-state index >= 15 is 0 Å². The van der Waals surface area contributed by atoms with Gasteiger partial charge in [0, 0.05) is 42.7 Å².